The maximum atomic E-state index is 12.6. The molecule has 0 saturated heterocycles. The van der Waals surface area contributed by atoms with Gasteiger partial charge >= 0.3 is 0 Å². The molecule has 2 atom stereocenters. The molecule has 108 valence electrons. The van der Waals surface area contributed by atoms with Crippen molar-refractivity contribution >= 4 is 5.91 Å². The van der Waals surface area contributed by atoms with E-state index in [1.807, 2.05) is 30.3 Å². The number of terminal acetylenes is 1. The van der Waals surface area contributed by atoms with Gasteiger partial charge in [0.15, 0.2) is 0 Å². The second-order valence-corrected chi connectivity index (χ2v) is 7.49. The number of amides is 1. The van der Waals surface area contributed by atoms with Crippen molar-refractivity contribution in [1.82, 2.24) is 5.32 Å². The van der Waals surface area contributed by atoms with Gasteiger partial charge in [0, 0.05) is 16.5 Å². The molecule has 1 N–H and O–H groups in total. The number of nitrogens with one attached hydrogen (secondary N) is 1. The predicted molar refractivity (Wildman–Crippen MR) is 82.6 cm³/mol. The molecule has 0 aliphatic heterocycles. The van der Waals surface area contributed by atoms with Gasteiger partial charge in [-0.25, -0.2) is 0 Å². The van der Waals surface area contributed by atoms with E-state index in [1.165, 1.54) is 19.3 Å². The number of hydrogen-bond donors (Lipinski definition) is 1. The fourth-order valence-corrected chi connectivity index (χ4v) is 5.48. The number of carbonyl (C=O) groups is 1. The standard InChI is InChI=1S/C19H21NO/c1-2-18-9-14-8-15(10-18)12-19(11-14,13-18)20-17(21)16-6-4-3-5-7-16/h1,3-7,14-15H,8-13H2,(H,20,21). The minimum atomic E-state index is -0.0522. The largest absolute Gasteiger partial charge is 0.347 e. The molecule has 2 unspecified atom stereocenters. The van der Waals surface area contributed by atoms with E-state index in [-0.39, 0.29) is 16.9 Å². The Balaban J connectivity index is 1.60. The number of hydrogen-bond acceptors (Lipinski definition) is 1. The minimum absolute atomic E-state index is 0.0497. The van der Waals surface area contributed by atoms with E-state index in [1.54, 1.807) is 0 Å². The molecule has 2 heteroatoms. The Kier molecular flexibility index (Phi) is 2.70. The summed E-state index contributed by atoms with van der Waals surface area (Å²) in [5.74, 6) is 4.57. The van der Waals surface area contributed by atoms with E-state index >= 15 is 0 Å². The van der Waals surface area contributed by atoms with E-state index in [2.05, 4.69) is 11.2 Å². The van der Waals surface area contributed by atoms with Gasteiger partial charge in [0.05, 0.1) is 0 Å². The Morgan fingerprint density at radius 1 is 1.14 bits per heavy atom. The summed E-state index contributed by atoms with van der Waals surface area (Å²) in [6.45, 7) is 0. The van der Waals surface area contributed by atoms with Gasteiger partial charge in [0.2, 0.25) is 0 Å². The number of carbonyl (C=O) groups excluding carboxylic acids is 1. The molecule has 0 radical (unpaired) electrons. The van der Waals surface area contributed by atoms with Crippen LogP contribution in [0.5, 0.6) is 0 Å². The van der Waals surface area contributed by atoms with Gasteiger partial charge in [-0.15, -0.1) is 6.42 Å². The SMILES string of the molecule is C#CC12CC3CC(C1)CC(NC(=O)c1ccccc1)(C3)C2. The highest BCUT2D eigenvalue weighted by atomic mass is 16.1. The zero-order valence-electron chi connectivity index (χ0n) is 12.3. The highest BCUT2D eigenvalue weighted by Gasteiger charge is 2.57. The number of rotatable bonds is 2. The fourth-order valence-electron chi connectivity index (χ4n) is 5.48. The summed E-state index contributed by atoms with van der Waals surface area (Å²) in [5, 5.41) is 3.37. The van der Waals surface area contributed by atoms with E-state index < -0.39 is 0 Å². The van der Waals surface area contributed by atoms with Crippen molar-refractivity contribution in [3.8, 4) is 12.3 Å². The van der Waals surface area contributed by atoms with Crippen LogP contribution in [0.2, 0.25) is 0 Å². The monoisotopic (exact) mass is 279 g/mol. The summed E-state index contributed by atoms with van der Waals surface area (Å²) in [7, 11) is 0. The van der Waals surface area contributed by atoms with Crippen molar-refractivity contribution in [2.75, 3.05) is 0 Å². The van der Waals surface area contributed by atoms with Crippen LogP contribution in [0.1, 0.15) is 48.9 Å². The first-order valence-corrected chi connectivity index (χ1v) is 7.97. The van der Waals surface area contributed by atoms with Crippen molar-refractivity contribution in [2.45, 2.75) is 44.1 Å². The van der Waals surface area contributed by atoms with Gasteiger partial charge in [-0.3, -0.25) is 4.79 Å². The van der Waals surface area contributed by atoms with E-state index in [0.717, 1.165) is 24.8 Å². The maximum Gasteiger partial charge on any atom is 0.251 e. The molecular formula is C19H21NO. The van der Waals surface area contributed by atoms with Crippen molar-refractivity contribution in [3.05, 3.63) is 35.9 Å². The third-order valence-electron chi connectivity index (χ3n) is 5.78. The Labute approximate surface area is 126 Å². The molecule has 5 rings (SSSR count). The number of benzene rings is 1. The molecule has 21 heavy (non-hydrogen) atoms. The average molecular weight is 279 g/mol. The van der Waals surface area contributed by atoms with Crippen LogP contribution in [0.3, 0.4) is 0 Å². The summed E-state index contributed by atoms with van der Waals surface area (Å²) in [4.78, 5) is 12.6. The van der Waals surface area contributed by atoms with Crippen molar-refractivity contribution < 1.29 is 4.79 Å². The molecule has 4 bridgehead atoms. The Morgan fingerprint density at radius 2 is 1.81 bits per heavy atom. The van der Waals surface area contributed by atoms with Crippen LogP contribution in [0.25, 0.3) is 0 Å². The molecule has 4 fully saturated rings. The van der Waals surface area contributed by atoms with Gasteiger partial charge in [-0.2, -0.15) is 0 Å². The molecular weight excluding hydrogens is 258 g/mol. The van der Waals surface area contributed by atoms with Crippen molar-refractivity contribution in [2.24, 2.45) is 17.3 Å². The van der Waals surface area contributed by atoms with Crippen LogP contribution in [0.15, 0.2) is 30.3 Å². The molecule has 1 aromatic carbocycles. The quantitative estimate of drug-likeness (QED) is 0.826. The van der Waals surface area contributed by atoms with Crippen LogP contribution < -0.4 is 5.32 Å². The molecule has 0 heterocycles. The van der Waals surface area contributed by atoms with Crippen LogP contribution in [-0.2, 0) is 0 Å². The average Bonchev–Trinajstić information content (AvgIpc) is 2.46. The third-order valence-corrected chi connectivity index (χ3v) is 5.78. The van der Waals surface area contributed by atoms with Crippen LogP contribution in [0, 0.1) is 29.6 Å². The molecule has 0 spiro atoms. The normalized spacial score (nSPS) is 39.8. The van der Waals surface area contributed by atoms with Crippen LogP contribution >= 0.6 is 0 Å². The van der Waals surface area contributed by atoms with Gasteiger partial charge in [-0.05, 0) is 62.5 Å². The third kappa shape index (κ3) is 2.07. The zero-order valence-corrected chi connectivity index (χ0v) is 12.3. The maximum absolute atomic E-state index is 12.6. The molecule has 0 aromatic heterocycles. The first-order valence-electron chi connectivity index (χ1n) is 7.97. The summed E-state index contributed by atoms with van der Waals surface area (Å²) >= 11 is 0. The molecule has 1 aromatic rings. The highest BCUT2D eigenvalue weighted by Crippen LogP contribution is 2.61. The van der Waals surface area contributed by atoms with E-state index in [9.17, 15) is 4.79 Å². The van der Waals surface area contributed by atoms with E-state index in [4.69, 9.17) is 6.42 Å². The summed E-state index contributed by atoms with van der Waals surface area (Å²) < 4.78 is 0. The molecule has 4 aliphatic rings. The van der Waals surface area contributed by atoms with Gasteiger partial charge in [0.25, 0.3) is 5.91 Å². The summed E-state index contributed by atoms with van der Waals surface area (Å²) in [6.07, 6.45) is 12.7. The lowest BCUT2D eigenvalue weighted by Crippen LogP contribution is -2.62. The Bertz CT molecular complexity index is 598. The van der Waals surface area contributed by atoms with Crippen molar-refractivity contribution in [3.63, 3.8) is 0 Å². The highest BCUT2D eigenvalue weighted by molar-refractivity contribution is 5.94. The van der Waals surface area contributed by atoms with Crippen LogP contribution in [0.4, 0.5) is 0 Å². The zero-order chi connectivity index (χ0) is 14.5. The Hall–Kier alpha value is -1.75. The topological polar surface area (TPSA) is 29.1 Å². The fraction of sp³-hybridized carbons (Fsp3) is 0.526. The lowest BCUT2D eigenvalue weighted by molar-refractivity contribution is -0.0483. The summed E-state index contributed by atoms with van der Waals surface area (Å²) in [6, 6.07) is 9.53. The predicted octanol–water partition coefficient (Wildman–Crippen LogP) is 3.39. The smallest absolute Gasteiger partial charge is 0.251 e. The molecule has 1 amide bonds. The van der Waals surface area contributed by atoms with E-state index in [0.29, 0.717) is 11.8 Å². The summed E-state index contributed by atoms with van der Waals surface area (Å²) in [5.41, 5.74) is 0.750. The van der Waals surface area contributed by atoms with Crippen LogP contribution in [-0.4, -0.2) is 11.4 Å². The van der Waals surface area contributed by atoms with Gasteiger partial charge in [0.1, 0.15) is 0 Å². The first kappa shape index (κ1) is 13.0. The second-order valence-electron chi connectivity index (χ2n) is 7.49. The second kappa shape index (κ2) is 4.37. The van der Waals surface area contributed by atoms with Gasteiger partial charge < -0.3 is 5.32 Å². The minimum Gasteiger partial charge on any atom is -0.347 e. The molecule has 4 aliphatic carbocycles. The molecule has 4 saturated carbocycles. The molecule has 2 nitrogen and oxygen atoms in total. The first-order chi connectivity index (χ1) is 10.1. The lowest BCUT2D eigenvalue weighted by Gasteiger charge is -2.60. The Morgan fingerprint density at radius 3 is 2.43 bits per heavy atom. The lowest BCUT2D eigenvalue weighted by atomic mass is 9.47. The van der Waals surface area contributed by atoms with Gasteiger partial charge in [-0.1, -0.05) is 24.1 Å². The van der Waals surface area contributed by atoms with Crippen molar-refractivity contribution in [1.29, 1.82) is 0 Å².